The highest BCUT2D eigenvalue weighted by Crippen LogP contribution is 2.34. The standard InChI is InChI=1S/C15H20F3NO/c1-15(17,18)11-7-10(14(20-2)13(16)9-11)8-12-5-3-4-6-19-12/h7,9,12,19H,3-6,8H2,1-2H3. The van der Waals surface area contributed by atoms with E-state index >= 15 is 0 Å². The number of nitrogens with one attached hydrogen (secondary N) is 1. The number of hydrogen-bond acceptors (Lipinski definition) is 2. The highest BCUT2D eigenvalue weighted by Gasteiger charge is 2.28. The first-order valence-corrected chi connectivity index (χ1v) is 6.90. The van der Waals surface area contributed by atoms with Crippen molar-refractivity contribution in [3.05, 3.63) is 29.1 Å². The summed E-state index contributed by atoms with van der Waals surface area (Å²) in [4.78, 5) is 0. The summed E-state index contributed by atoms with van der Waals surface area (Å²) in [6, 6.07) is 2.41. The summed E-state index contributed by atoms with van der Waals surface area (Å²) in [6.07, 6.45) is 3.70. The normalized spacial score (nSPS) is 19.9. The molecule has 1 N–H and O–H groups in total. The molecule has 1 unspecified atom stereocenters. The minimum atomic E-state index is -3.05. The van der Waals surface area contributed by atoms with Crippen LogP contribution in [0.3, 0.4) is 0 Å². The lowest BCUT2D eigenvalue weighted by Gasteiger charge is -2.25. The van der Waals surface area contributed by atoms with Gasteiger partial charge in [0.05, 0.1) is 7.11 Å². The zero-order chi connectivity index (χ0) is 14.8. The van der Waals surface area contributed by atoms with Crippen molar-refractivity contribution in [2.45, 2.75) is 44.6 Å². The van der Waals surface area contributed by atoms with Crippen LogP contribution >= 0.6 is 0 Å². The zero-order valence-electron chi connectivity index (χ0n) is 11.8. The average molecular weight is 287 g/mol. The second-order valence-electron chi connectivity index (χ2n) is 5.39. The molecule has 5 heteroatoms. The van der Waals surface area contributed by atoms with E-state index in [2.05, 4.69) is 5.32 Å². The Morgan fingerprint density at radius 3 is 2.65 bits per heavy atom. The van der Waals surface area contributed by atoms with Crippen molar-refractivity contribution < 1.29 is 17.9 Å². The Bertz CT molecular complexity index is 465. The first-order chi connectivity index (χ1) is 9.41. The lowest BCUT2D eigenvalue weighted by molar-refractivity contribution is 0.0170. The molecular formula is C15H20F3NO. The minimum absolute atomic E-state index is 0.0744. The molecule has 1 atom stereocenters. The average Bonchev–Trinajstić information content (AvgIpc) is 2.38. The first-order valence-electron chi connectivity index (χ1n) is 6.90. The molecule has 0 aliphatic carbocycles. The molecule has 1 aliphatic rings. The number of piperidine rings is 1. The Balaban J connectivity index is 2.30. The van der Waals surface area contributed by atoms with Gasteiger partial charge in [0.15, 0.2) is 11.6 Å². The van der Waals surface area contributed by atoms with E-state index in [1.807, 2.05) is 0 Å². The van der Waals surface area contributed by atoms with Crippen molar-refractivity contribution >= 4 is 0 Å². The fraction of sp³-hybridized carbons (Fsp3) is 0.600. The van der Waals surface area contributed by atoms with Crippen LogP contribution in [0.25, 0.3) is 0 Å². The third-order valence-electron chi connectivity index (χ3n) is 3.71. The molecule has 1 saturated heterocycles. The van der Waals surface area contributed by atoms with Crippen molar-refractivity contribution in [2.75, 3.05) is 13.7 Å². The summed E-state index contributed by atoms with van der Waals surface area (Å²) >= 11 is 0. The molecule has 20 heavy (non-hydrogen) atoms. The third-order valence-corrected chi connectivity index (χ3v) is 3.71. The summed E-state index contributed by atoms with van der Waals surface area (Å²) in [6.45, 7) is 1.69. The van der Waals surface area contributed by atoms with E-state index in [-0.39, 0.29) is 17.4 Å². The van der Waals surface area contributed by atoms with Crippen molar-refractivity contribution in [1.82, 2.24) is 5.32 Å². The SMILES string of the molecule is COc1c(F)cc(C(C)(F)F)cc1CC1CCCCN1. The van der Waals surface area contributed by atoms with E-state index in [0.29, 0.717) is 12.0 Å². The molecule has 2 rings (SSSR count). The smallest absolute Gasteiger partial charge is 0.270 e. The van der Waals surface area contributed by atoms with E-state index in [1.54, 1.807) is 0 Å². The summed E-state index contributed by atoms with van der Waals surface area (Å²) in [5, 5.41) is 3.33. The molecule has 0 amide bonds. The highest BCUT2D eigenvalue weighted by atomic mass is 19.3. The lowest BCUT2D eigenvalue weighted by Crippen LogP contribution is -2.35. The molecule has 1 aliphatic heterocycles. The molecule has 0 spiro atoms. The van der Waals surface area contributed by atoms with Crippen molar-refractivity contribution in [2.24, 2.45) is 0 Å². The van der Waals surface area contributed by atoms with Crippen LogP contribution in [0.5, 0.6) is 5.75 Å². The fourth-order valence-electron chi connectivity index (χ4n) is 2.65. The van der Waals surface area contributed by atoms with E-state index in [1.165, 1.54) is 13.2 Å². The molecule has 1 heterocycles. The van der Waals surface area contributed by atoms with Crippen LogP contribution in [0, 0.1) is 5.82 Å². The van der Waals surface area contributed by atoms with Crippen molar-refractivity contribution in [1.29, 1.82) is 0 Å². The van der Waals surface area contributed by atoms with Gasteiger partial charge in [0.1, 0.15) is 0 Å². The molecule has 1 fully saturated rings. The number of rotatable bonds is 4. The Labute approximate surface area is 117 Å². The van der Waals surface area contributed by atoms with Gasteiger partial charge in [-0.1, -0.05) is 6.42 Å². The van der Waals surface area contributed by atoms with Crippen molar-refractivity contribution in [3.63, 3.8) is 0 Å². The summed E-state index contributed by atoms with van der Waals surface area (Å²) in [5.41, 5.74) is 0.199. The van der Waals surface area contributed by atoms with Crippen LogP contribution in [0.4, 0.5) is 13.2 Å². The molecule has 1 aromatic carbocycles. The minimum Gasteiger partial charge on any atom is -0.493 e. The first kappa shape index (κ1) is 15.2. The number of alkyl halides is 2. The lowest BCUT2D eigenvalue weighted by atomic mass is 9.95. The second-order valence-corrected chi connectivity index (χ2v) is 5.39. The topological polar surface area (TPSA) is 21.3 Å². The molecule has 112 valence electrons. The maximum Gasteiger partial charge on any atom is 0.270 e. The van der Waals surface area contributed by atoms with Crippen LogP contribution in [0.2, 0.25) is 0 Å². The third kappa shape index (κ3) is 3.45. The van der Waals surface area contributed by atoms with Crippen LogP contribution in [-0.4, -0.2) is 19.7 Å². The van der Waals surface area contributed by atoms with Gasteiger partial charge >= 0.3 is 0 Å². The zero-order valence-corrected chi connectivity index (χ0v) is 11.8. The van der Waals surface area contributed by atoms with Gasteiger partial charge in [-0.3, -0.25) is 0 Å². The van der Waals surface area contributed by atoms with Gasteiger partial charge in [-0.2, -0.15) is 0 Å². The number of methoxy groups -OCH3 is 1. The predicted molar refractivity (Wildman–Crippen MR) is 71.9 cm³/mol. The molecule has 0 aromatic heterocycles. The van der Waals surface area contributed by atoms with Gasteiger partial charge in [0, 0.05) is 18.5 Å². The Morgan fingerprint density at radius 1 is 1.35 bits per heavy atom. The molecule has 0 bridgehead atoms. The number of ether oxygens (including phenoxy) is 1. The quantitative estimate of drug-likeness (QED) is 0.913. The maximum absolute atomic E-state index is 13.9. The molecular weight excluding hydrogens is 267 g/mol. The largest absolute Gasteiger partial charge is 0.493 e. The molecule has 0 saturated carbocycles. The summed E-state index contributed by atoms with van der Waals surface area (Å²) in [5.74, 6) is -3.70. The highest BCUT2D eigenvalue weighted by molar-refractivity contribution is 5.40. The van der Waals surface area contributed by atoms with Gasteiger partial charge in [-0.15, -0.1) is 0 Å². The van der Waals surface area contributed by atoms with Crippen LogP contribution < -0.4 is 10.1 Å². The van der Waals surface area contributed by atoms with E-state index in [4.69, 9.17) is 4.74 Å². The molecule has 2 nitrogen and oxygen atoms in total. The van der Waals surface area contributed by atoms with E-state index in [0.717, 1.165) is 38.8 Å². The number of halogens is 3. The Hall–Kier alpha value is -1.23. The van der Waals surface area contributed by atoms with Crippen LogP contribution in [0.1, 0.15) is 37.3 Å². The maximum atomic E-state index is 13.9. The van der Waals surface area contributed by atoms with Crippen LogP contribution in [0.15, 0.2) is 12.1 Å². The predicted octanol–water partition coefficient (Wildman–Crippen LogP) is 3.63. The van der Waals surface area contributed by atoms with Crippen molar-refractivity contribution in [3.8, 4) is 5.75 Å². The Kier molecular flexibility index (Phi) is 4.58. The molecule has 0 radical (unpaired) electrons. The van der Waals surface area contributed by atoms with E-state index < -0.39 is 11.7 Å². The van der Waals surface area contributed by atoms with E-state index in [9.17, 15) is 13.2 Å². The Morgan fingerprint density at radius 2 is 2.10 bits per heavy atom. The van der Waals surface area contributed by atoms with Gasteiger partial charge in [-0.05, 0) is 43.5 Å². The van der Waals surface area contributed by atoms with Gasteiger partial charge < -0.3 is 10.1 Å². The fourth-order valence-corrected chi connectivity index (χ4v) is 2.65. The number of benzene rings is 1. The van der Waals surface area contributed by atoms with Gasteiger partial charge in [0.25, 0.3) is 5.92 Å². The molecule has 1 aromatic rings. The number of hydrogen-bond donors (Lipinski definition) is 1. The van der Waals surface area contributed by atoms with Gasteiger partial charge in [-0.25, -0.2) is 13.2 Å². The monoisotopic (exact) mass is 287 g/mol. The summed E-state index contributed by atoms with van der Waals surface area (Å²) < 4.78 is 45.8. The van der Waals surface area contributed by atoms with Crippen LogP contribution in [-0.2, 0) is 12.3 Å². The summed E-state index contributed by atoms with van der Waals surface area (Å²) in [7, 11) is 1.36. The second kappa shape index (κ2) is 6.04. The van der Waals surface area contributed by atoms with Gasteiger partial charge in [0.2, 0.25) is 0 Å².